The summed E-state index contributed by atoms with van der Waals surface area (Å²) in [7, 11) is 0. The molecule has 5 heteroatoms. The second-order valence-corrected chi connectivity index (χ2v) is 5.08. The zero-order valence-electron chi connectivity index (χ0n) is 10.5. The number of likely N-dealkylation sites (tertiary alicyclic amines) is 1. The lowest BCUT2D eigenvalue weighted by Crippen LogP contribution is -2.40. The molecule has 1 aliphatic rings. The summed E-state index contributed by atoms with van der Waals surface area (Å²) in [6.45, 7) is 0.540. The summed E-state index contributed by atoms with van der Waals surface area (Å²) in [5.41, 5.74) is 0.920. The Morgan fingerprint density at radius 2 is 2.11 bits per heavy atom. The van der Waals surface area contributed by atoms with E-state index in [4.69, 9.17) is 16.7 Å². The Morgan fingerprint density at radius 3 is 2.79 bits per heavy atom. The average molecular weight is 282 g/mol. The molecule has 1 saturated heterocycles. The number of nitrogens with zero attached hydrogens (tertiary/aromatic N) is 1. The van der Waals surface area contributed by atoms with Crippen LogP contribution in [-0.2, 0) is 16.0 Å². The number of benzene rings is 1. The second-order valence-electron chi connectivity index (χ2n) is 4.67. The first-order chi connectivity index (χ1) is 9.09. The molecule has 19 heavy (non-hydrogen) atoms. The molecule has 2 rings (SSSR count). The van der Waals surface area contributed by atoms with E-state index >= 15 is 0 Å². The maximum Gasteiger partial charge on any atom is 0.326 e. The number of aliphatic carboxylic acids is 1. The average Bonchev–Trinajstić information content (AvgIpc) is 2.87. The maximum absolute atomic E-state index is 12.1. The number of amides is 1. The van der Waals surface area contributed by atoms with Crippen molar-refractivity contribution in [3.05, 3.63) is 34.9 Å². The molecule has 1 heterocycles. The Bertz CT molecular complexity index is 489. The first-order valence-electron chi connectivity index (χ1n) is 6.35. The zero-order valence-corrected chi connectivity index (χ0v) is 11.3. The molecule has 0 bridgehead atoms. The van der Waals surface area contributed by atoms with E-state index in [9.17, 15) is 9.59 Å². The molecule has 102 valence electrons. The largest absolute Gasteiger partial charge is 0.480 e. The van der Waals surface area contributed by atoms with Gasteiger partial charge in [-0.15, -0.1) is 0 Å². The number of carboxylic acids is 1. The monoisotopic (exact) mass is 281 g/mol. The molecule has 4 nitrogen and oxygen atoms in total. The standard InChI is InChI=1S/C14H16ClNO3/c15-11-5-2-1-4-10(11)7-8-13(17)16-9-3-6-12(16)14(18)19/h1-2,4-5,12H,3,6-9H2,(H,18,19). The predicted molar refractivity (Wildman–Crippen MR) is 72.1 cm³/mol. The Kier molecular flexibility index (Phi) is 4.43. The molecule has 0 spiro atoms. The zero-order chi connectivity index (χ0) is 13.8. The van der Waals surface area contributed by atoms with Gasteiger partial charge in [0.1, 0.15) is 6.04 Å². The van der Waals surface area contributed by atoms with Gasteiger partial charge in [0, 0.05) is 18.0 Å². The summed E-state index contributed by atoms with van der Waals surface area (Å²) < 4.78 is 0. The highest BCUT2D eigenvalue weighted by atomic mass is 35.5. The Hall–Kier alpha value is -1.55. The van der Waals surface area contributed by atoms with Crippen molar-refractivity contribution in [2.24, 2.45) is 0 Å². The summed E-state index contributed by atoms with van der Waals surface area (Å²) in [6, 6.07) is 6.74. The quantitative estimate of drug-likeness (QED) is 0.922. The highest BCUT2D eigenvalue weighted by Crippen LogP contribution is 2.21. The number of hydrogen-bond acceptors (Lipinski definition) is 2. The fraction of sp³-hybridized carbons (Fsp3) is 0.429. The van der Waals surface area contributed by atoms with Crippen LogP contribution in [0.3, 0.4) is 0 Å². The third-order valence-corrected chi connectivity index (χ3v) is 3.79. The highest BCUT2D eigenvalue weighted by molar-refractivity contribution is 6.31. The van der Waals surface area contributed by atoms with Gasteiger partial charge in [0.25, 0.3) is 0 Å². The van der Waals surface area contributed by atoms with Crippen molar-refractivity contribution in [2.75, 3.05) is 6.54 Å². The number of rotatable bonds is 4. The van der Waals surface area contributed by atoms with Crippen LogP contribution >= 0.6 is 11.6 Å². The highest BCUT2D eigenvalue weighted by Gasteiger charge is 2.33. The van der Waals surface area contributed by atoms with Gasteiger partial charge >= 0.3 is 5.97 Å². The summed E-state index contributed by atoms with van der Waals surface area (Å²) in [5.74, 6) is -1.02. The molecule has 1 fully saturated rings. The fourth-order valence-corrected chi connectivity index (χ4v) is 2.64. The minimum Gasteiger partial charge on any atom is -0.480 e. The first kappa shape index (κ1) is 13.9. The van der Waals surface area contributed by atoms with E-state index < -0.39 is 12.0 Å². The van der Waals surface area contributed by atoms with Crippen LogP contribution in [0, 0.1) is 0 Å². The van der Waals surface area contributed by atoms with Crippen molar-refractivity contribution in [2.45, 2.75) is 31.7 Å². The van der Waals surface area contributed by atoms with Crippen LogP contribution in [0.2, 0.25) is 5.02 Å². The number of carboxylic acid groups (broad SMARTS) is 1. The molecular formula is C14H16ClNO3. The second kappa shape index (κ2) is 6.06. The Morgan fingerprint density at radius 1 is 1.37 bits per heavy atom. The smallest absolute Gasteiger partial charge is 0.326 e. The van der Waals surface area contributed by atoms with E-state index in [0.29, 0.717) is 30.8 Å². The lowest BCUT2D eigenvalue weighted by atomic mass is 10.1. The number of halogens is 1. The first-order valence-corrected chi connectivity index (χ1v) is 6.73. The summed E-state index contributed by atoms with van der Waals surface area (Å²) in [5, 5.41) is 9.69. The Labute approximate surface area is 117 Å². The van der Waals surface area contributed by atoms with Crippen molar-refractivity contribution in [1.29, 1.82) is 0 Å². The van der Waals surface area contributed by atoms with Gasteiger partial charge in [-0.05, 0) is 30.9 Å². The van der Waals surface area contributed by atoms with Crippen molar-refractivity contribution in [3.63, 3.8) is 0 Å². The minimum absolute atomic E-state index is 0.107. The minimum atomic E-state index is -0.913. The van der Waals surface area contributed by atoms with Gasteiger partial charge in [0.2, 0.25) is 5.91 Å². The van der Waals surface area contributed by atoms with E-state index in [0.717, 1.165) is 12.0 Å². The third-order valence-electron chi connectivity index (χ3n) is 3.42. The lowest BCUT2D eigenvalue weighted by Gasteiger charge is -2.21. The molecule has 1 unspecified atom stereocenters. The van der Waals surface area contributed by atoms with Crippen LogP contribution in [0.5, 0.6) is 0 Å². The van der Waals surface area contributed by atoms with Gasteiger partial charge in [-0.3, -0.25) is 4.79 Å². The third kappa shape index (κ3) is 3.26. The molecule has 1 aromatic rings. The molecule has 0 saturated carbocycles. The number of aryl methyl sites for hydroxylation is 1. The van der Waals surface area contributed by atoms with Crippen molar-refractivity contribution < 1.29 is 14.7 Å². The van der Waals surface area contributed by atoms with Gasteiger partial charge in [-0.1, -0.05) is 29.8 Å². The lowest BCUT2D eigenvalue weighted by molar-refractivity contribution is -0.148. The molecule has 1 amide bonds. The van der Waals surface area contributed by atoms with Crippen LogP contribution in [0.1, 0.15) is 24.8 Å². The van der Waals surface area contributed by atoms with Crippen LogP contribution in [0.25, 0.3) is 0 Å². The van der Waals surface area contributed by atoms with Crippen LogP contribution in [0.15, 0.2) is 24.3 Å². The van der Waals surface area contributed by atoms with Crippen molar-refractivity contribution >= 4 is 23.5 Å². The van der Waals surface area contributed by atoms with E-state index in [1.807, 2.05) is 18.2 Å². The molecule has 1 atom stereocenters. The van der Waals surface area contributed by atoms with Crippen LogP contribution in [-0.4, -0.2) is 34.5 Å². The van der Waals surface area contributed by atoms with E-state index in [-0.39, 0.29) is 5.91 Å². The van der Waals surface area contributed by atoms with Gasteiger partial charge in [0.15, 0.2) is 0 Å². The molecular weight excluding hydrogens is 266 g/mol. The molecule has 1 aromatic carbocycles. The SMILES string of the molecule is O=C(O)C1CCCN1C(=O)CCc1ccccc1Cl. The predicted octanol–water partition coefficient (Wildman–Crippen LogP) is 2.35. The molecule has 0 aliphatic carbocycles. The van der Waals surface area contributed by atoms with Gasteiger partial charge < -0.3 is 10.0 Å². The topological polar surface area (TPSA) is 57.6 Å². The molecule has 0 radical (unpaired) electrons. The molecule has 1 N–H and O–H groups in total. The Balaban J connectivity index is 1.95. The normalized spacial score (nSPS) is 18.6. The molecule has 1 aliphatic heterocycles. The fourth-order valence-electron chi connectivity index (χ4n) is 2.41. The van der Waals surface area contributed by atoms with Crippen LogP contribution < -0.4 is 0 Å². The van der Waals surface area contributed by atoms with Crippen molar-refractivity contribution in [1.82, 2.24) is 4.90 Å². The summed E-state index contributed by atoms with van der Waals surface area (Å²) >= 11 is 6.03. The molecule has 0 aromatic heterocycles. The van der Waals surface area contributed by atoms with E-state index in [1.54, 1.807) is 6.07 Å². The van der Waals surface area contributed by atoms with E-state index in [1.165, 1.54) is 4.90 Å². The van der Waals surface area contributed by atoms with Crippen molar-refractivity contribution in [3.8, 4) is 0 Å². The number of hydrogen-bond donors (Lipinski definition) is 1. The summed E-state index contributed by atoms with van der Waals surface area (Å²) in [4.78, 5) is 24.6. The van der Waals surface area contributed by atoms with Gasteiger partial charge in [0.05, 0.1) is 0 Å². The van der Waals surface area contributed by atoms with Gasteiger partial charge in [-0.25, -0.2) is 4.79 Å². The number of carbonyl (C=O) groups excluding carboxylic acids is 1. The summed E-state index contributed by atoms with van der Waals surface area (Å²) in [6.07, 6.45) is 2.15. The van der Waals surface area contributed by atoms with E-state index in [2.05, 4.69) is 0 Å². The number of carbonyl (C=O) groups is 2. The van der Waals surface area contributed by atoms with Crippen LogP contribution in [0.4, 0.5) is 0 Å². The maximum atomic E-state index is 12.1. The van der Waals surface area contributed by atoms with Gasteiger partial charge in [-0.2, -0.15) is 0 Å².